The van der Waals surface area contributed by atoms with Crippen LogP contribution < -0.4 is 15.7 Å². The van der Waals surface area contributed by atoms with Gasteiger partial charge in [0.25, 0.3) is 16.0 Å². The zero-order valence-electron chi connectivity index (χ0n) is 24.1. The van der Waals surface area contributed by atoms with Gasteiger partial charge < -0.3 is 19.7 Å². The van der Waals surface area contributed by atoms with Gasteiger partial charge in [-0.2, -0.15) is 16.8 Å². The molecule has 13 nitrogen and oxygen atoms in total. The Kier molecular flexibility index (Phi) is 9.44. The molecule has 4 rings (SSSR count). The molecule has 1 amide bonds. The molecule has 1 aliphatic heterocycles. The summed E-state index contributed by atoms with van der Waals surface area (Å²) in [6.07, 6.45) is 0.0550. The molecule has 0 aromatic heterocycles. The van der Waals surface area contributed by atoms with Gasteiger partial charge in [0.05, 0.1) is 5.69 Å². The van der Waals surface area contributed by atoms with E-state index in [0.717, 1.165) is 0 Å². The van der Waals surface area contributed by atoms with Gasteiger partial charge in [-0.05, 0) is 50.1 Å². The highest BCUT2D eigenvalue weighted by molar-refractivity contribution is 7.86. The minimum Gasteiger partial charge on any atom is -0.481 e. The van der Waals surface area contributed by atoms with Crippen LogP contribution in [0.5, 0.6) is 0 Å². The maximum absolute atomic E-state index is 13.7. The average Bonchev–Trinajstić information content (AvgIpc) is 2.94. The van der Waals surface area contributed by atoms with Gasteiger partial charge in [0.15, 0.2) is 16.2 Å². The zero-order chi connectivity index (χ0) is 32.4. The Hall–Kier alpha value is -4.31. The minimum absolute atomic E-state index is 0.0182. The van der Waals surface area contributed by atoms with Crippen LogP contribution in [-0.4, -0.2) is 74.5 Å². The number of hydrogen-bond donors (Lipinski definition) is 5. The van der Waals surface area contributed by atoms with Gasteiger partial charge in [-0.1, -0.05) is 18.2 Å². The molecule has 2 aliphatic rings. The number of aliphatic carboxylic acids is 1. The Morgan fingerprint density at radius 2 is 1.61 bits per heavy atom. The van der Waals surface area contributed by atoms with Crippen molar-refractivity contribution in [1.82, 2.24) is 4.90 Å². The first-order valence-electron chi connectivity index (χ1n) is 13.6. The van der Waals surface area contributed by atoms with Crippen LogP contribution in [0.3, 0.4) is 0 Å². The number of fused-ring (bicyclic) bond motifs is 2. The number of nitrogens with one attached hydrogen (secondary N) is 2. The molecule has 0 bridgehead atoms. The predicted molar refractivity (Wildman–Crippen MR) is 161 cm³/mol. The standard InChI is InChI=1S/C29H31N3O10S2/c1-4-30-21-14-12-19-24(17-9-6-7-10-18(17)29(35)32(3)16-8-11-23(33)34)20-13-15-22(31-5-2)28(44(39,40)41)26(20)42-25(19)27(21)43(36,37)38/h6-7,9-10,12-15,30H,4-5,8,11,16H2,1-3H3,(H,33,34)(H,36,37,38)(H,39,40,41)/p+1. The van der Waals surface area contributed by atoms with Crippen LogP contribution in [0.15, 0.2) is 62.7 Å². The van der Waals surface area contributed by atoms with Crippen LogP contribution in [0.1, 0.15) is 37.0 Å². The van der Waals surface area contributed by atoms with Gasteiger partial charge in [0.2, 0.25) is 10.3 Å². The number of rotatable bonds is 11. The lowest BCUT2D eigenvalue weighted by Gasteiger charge is -2.22. The number of nitrogens with zero attached hydrogens (tertiary/aromatic N) is 1. The number of benzene rings is 3. The fourth-order valence-corrected chi connectivity index (χ4v) is 6.70. The van der Waals surface area contributed by atoms with Crippen LogP contribution in [0, 0.1) is 0 Å². The second-order valence-electron chi connectivity index (χ2n) is 9.90. The molecular weight excluding hydrogens is 614 g/mol. The van der Waals surface area contributed by atoms with Gasteiger partial charge in [0.1, 0.15) is 6.54 Å². The molecule has 0 spiro atoms. The number of amides is 1. The summed E-state index contributed by atoms with van der Waals surface area (Å²) in [6, 6.07) is 12.2. The highest BCUT2D eigenvalue weighted by Crippen LogP contribution is 2.46. The van der Waals surface area contributed by atoms with Crippen LogP contribution >= 0.6 is 0 Å². The summed E-state index contributed by atoms with van der Waals surface area (Å²) < 4.78 is 77.7. The summed E-state index contributed by atoms with van der Waals surface area (Å²) >= 11 is 0. The number of carboxylic acids is 1. The van der Waals surface area contributed by atoms with E-state index >= 15 is 0 Å². The third-order valence-electron chi connectivity index (χ3n) is 6.88. The Balaban J connectivity index is 2.20. The van der Waals surface area contributed by atoms with Crippen LogP contribution in [0.2, 0.25) is 0 Å². The van der Waals surface area contributed by atoms with E-state index in [-0.39, 0.29) is 71.2 Å². The molecule has 0 fully saturated rings. The van der Waals surface area contributed by atoms with E-state index in [1.54, 1.807) is 32.0 Å². The van der Waals surface area contributed by atoms with Crippen molar-refractivity contribution in [2.75, 3.05) is 32.0 Å². The first-order valence-corrected chi connectivity index (χ1v) is 16.5. The lowest BCUT2D eigenvalue weighted by atomic mass is 9.90. The number of hydrogen-bond acceptors (Lipinski definition) is 8. The summed E-state index contributed by atoms with van der Waals surface area (Å²) in [4.78, 5) is 27.5. The summed E-state index contributed by atoms with van der Waals surface area (Å²) in [5, 5.41) is 12.0. The van der Waals surface area contributed by atoms with Gasteiger partial charge >= 0.3 is 16.1 Å². The number of anilines is 1. The van der Waals surface area contributed by atoms with Crippen molar-refractivity contribution in [3.05, 3.63) is 59.5 Å². The lowest BCUT2D eigenvalue weighted by Crippen LogP contribution is -2.76. The van der Waals surface area contributed by atoms with Crippen LogP contribution in [0.25, 0.3) is 33.4 Å². The van der Waals surface area contributed by atoms with Crippen LogP contribution in [0.4, 0.5) is 5.69 Å². The largest absolute Gasteiger partial charge is 0.481 e. The smallest absolute Gasteiger partial charge is 0.304 e. The average molecular weight is 647 g/mol. The molecule has 0 atom stereocenters. The van der Waals surface area contributed by atoms with Crippen molar-refractivity contribution < 1.29 is 50.0 Å². The highest BCUT2D eigenvalue weighted by Gasteiger charge is 2.33. The SMILES string of the molecule is CCNc1ccc2c(-c3ccccc3C(=O)N(C)CCCC(=O)O)c3ccc(=[NH+]CC)c(S(=O)(=O)O)c-3oc2c1S(=O)(=O)O. The first kappa shape index (κ1) is 32.6. The first-order chi connectivity index (χ1) is 20.7. The summed E-state index contributed by atoms with van der Waals surface area (Å²) in [6.45, 7) is 4.06. The molecule has 15 heteroatoms. The topological polar surface area (TPSA) is 205 Å². The second-order valence-corrected chi connectivity index (χ2v) is 12.6. The van der Waals surface area contributed by atoms with E-state index in [2.05, 4.69) is 10.3 Å². The quantitative estimate of drug-likeness (QED) is 0.118. The monoisotopic (exact) mass is 646 g/mol. The highest BCUT2D eigenvalue weighted by atomic mass is 32.2. The molecule has 0 saturated carbocycles. The van der Waals surface area contributed by atoms with Gasteiger partial charge in [-0.25, -0.2) is 4.99 Å². The minimum atomic E-state index is -4.98. The van der Waals surface area contributed by atoms with Gasteiger partial charge in [-0.15, -0.1) is 0 Å². The van der Waals surface area contributed by atoms with Crippen molar-refractivity contribution in [3.8, 4) is 22.5 Å². The third-order valence-corrected chi connectivity index (χ3v) is 8.72. The lowest BCUT2D eigenvalue weighted by molar-refractivity contribution is -0.498. The van der Waals surface area contributed by atoms with Gasteiger partial charge in [-0.3, -0.25) is 18.7 Å². The maximum Gasteiger partial charge on any atom is 0.304 e. The molecular formula is C29H32N3O10S2+. The molecule has 5 N–H and O–H groups in total. The second kappa shape index (κ2) is 12.7. The number of carbonyl (C=O) groups is 2. The van der Waals surface area contributed by atoms with E-state index in [1.165, 1.54) is 42.3 Å². The fraction of sp³-hybridized carbons (Fsp3) is 0.276. The van der Waals surface area contributed by atoms with E-state index in [1.807, 2.05) is 0 Å². The summed E-state index contributed by atoms with van der Waals surface area (Å²) in [7, 11) is -8.46. The van der Waals surface area contributed by atoms with Crippen molar-refractivity contribution in [3.63, 3.8) is 0 Å². The van der Waals surface area contributed by atoms with E-state index in [4.69, 9.17) is 9.52 Å². The maximum atomic E-state index is 13.7. The van der Waals surface area contributed by atoms with E-state index in [0.29, 0.717) is 0 Å². The van der Waals surface area contributed by atoms with Crippen LogP contribution in [-0.2, 0) is 25.0 Å². The Labute approximate surface area is 253 Å². The summed E-state index contributed by atoms with van der Waals surface area (Å²) in [5.41, 5.74) is 0.304. The molecule has 0 unspecified atom stereocenters. The van der Waals surface area contributed by atoms with E-state index in [9.17, 15) is 35.5 Å². The summed E-state index contributed by atoms with van der Waals surface area (Å²) in [5.74, 6) is -1.90. The van der Waals surface area contributed by atoms with E-state index < -0.39 is 53.2 Å². The Bertz CT molecular complexity index is 2020. The predicted octanol–water partition coefficient (Wildman–Crippen LogP) is 2.07. The molecule has 234 valence electrons. The Morgan fingerprint density at radius 1 is 0.932 bits per heavy atom. The van der Waals surface area contributed by atoms with Gasteiger partial charge in [0, 0.05) is 54.7 Å². The molecule has 0 radical (unpaired) electrons. The molecule has 2 aromatic rings. The third kappa shape index (κ3) is 6.45. The molecule has 1 heterocycles. The Morgan fingerprint density at radius 3 is 2.23 bits per heavy atom. The molecule has 2 aromatic carbocycles. The zero-order valence-corrected chi connectivity index (χ0v) is 25.8. The van der Waals surface area contributed by atoms with Crippen molar-refractivity contribution in [2.45, 2.75) is 36.5 Å². The number of carboxylic acid groups (broad SMARTS) is 1. The van der Waals surface area contributed by atoms with Crippen molar-refractivity contribution in [1.29, 1.82) is 0 Å². The normalized spacial score (nSPS) is 12.5. The number of carbonyl (C=O) groups excluding carboxylic acids is 1. The van der Waals surface area contributed by atoms with Crippen molar-refractivity contribution in [2.24, 2.45) is 0 Å². The van der Waals surface area contributed by atoms with Crippen molar-refractivity contribution >= 4 is 48.8 Å². The molecule has 0 saturated heterocycles. The molecule has 44 heavy (non-hydrogen) atoms. The molecule has 1 aliphatic carbocycles. The fourth-order valence-electron chi connectivity index (χ4n) is 5.09.